The fourth-order valence-corrected chi connectivity index (χ4v) is 1.64. The maximum Gasteiger partial charge on any atom is 0.411 e. The van der Waals surface area contributed by atoms with Crippen molar-refractivity contribution in [2.45, 2.75) is 6.54 Å². The minimum absolute atomic E-state index is 0.0503. The largest absolute Gasteiger partial charge is 0.477 e. The molecule has 0 bridgehead atoms. The van der Waals surface area contributed by atoms with Crippen molar-refractivity contribution < 1.29 is 28.9 Å². The molecule has 8 nitrogen and oxygen atoms in total. The summed E-state index contributed by atoms with van der Waals surface area (Å²) in [7, 11) is 1.57. The number of carboxylic acids is 1. The summed E-state index contributed by atoms with van der Waals surface area (Å²) in [6.07, 6.45) is 2.27. The SMILES string of the molecule is C=CCOC(=O)Nc1cc(C(=O)O)n(CCOCCOC)c1. The van der Waals surface area contributed by atoms with Gasteiger partial charge in [0.15, 0.2) is 0 Å². The maximum atomic E-state index is 11.4. The molecule has 1 aromatic heterocycles. The van der Waals surface area contributed by atoms with Gasteiger partial charge in [0.2, 0.25) is 0 Å². The van der Waals surface area contributed by atoms with E-state index in [0.717, 1.165) is 0 Å². The first-order valence-electron chi connectivity index (χ1n) is 6.63. The number of aromatic nitrogens is 1. The van der Waals surface area contributed by atoms with Crippen molar-refractivity contribution in [2.75, 3.05) is 38.9 Å². The van der Waals surface area contributed by atoms with E-state index in [1.54, 1.807) is 7.11 Å². The van der Waals surface area contributed by atoms with E-state index in [-0.39, 0.29) is 12.3 Å². The van der Waals surface area contributed by atoms with E-state index in [2.05, 4.69) is 11.9 Å². The lowest BCUT2D eigenvalue weighted by Gasteiger charge is -2.07. The second kappa shape index (κ2) is 9.59. The summed E-state index contributed by atoms with van der Waals surface area (Å²) in [5, 5.41) is 11.6. The zero-order chi connectivity index (χ0) is 16.4. The Kier molecular flexibility index (Phi) is 7.73. The highest BCUT2D eigenvalue weighted by Crippen LogP contribution is 2.14. The summed E-state index contributed by atoms with van der Waals surface area (Å²) in [6.45, 7) is 5.08. The first-order valence-corrected chi connectivity index (χ1v) is 6.63. The average molecular weight is 312 g/mol. The summed E-state index contributed by atoms with van der Waals surface area (Å²) in [5.41, 5.74) is 0.387. The van der Waals surface area contributed by atoms with Crippen molar-refractivity contribution in [2.24, 2.45) is 0 Å². The zero-order valence-corrected chi connectivity index (χ0v) is 12.4. The predicted molar refractivity (Wildman–Crippen MR) is 79.3 cm³/mol. The number of carboxylic acid groups (broad SMARTS) is 1. The van der Waals surface area contributed by atoms with Crippen LogP contribution in [0.2, 0.25) is 0 Å². The molecule has 0 aromatic carbocycles. The minimum atomic E-state index is -1.09. The van der Waals surface area contributed by atoms with Gasteiger partial charge in [-0.25, -0.2) is 9.59 Å². The van der Waals surface area contributed by atoms with Gasteiger partial charge in [-0.2, -0.15) is 0 Å². The van der Waals surface area contributed by atoms with Crippen LogP contribution in [-0.4, -0.2) is 55.3 Å². The van der Waals surface area contributed by atoms with Gasteiger partial charge in [-0.15, -0.1) is 0 Å². The third-order valence-electron chi connectivity index (χ3n) is 2.60. The van der Waals surface area contributed by atoms with Crippen LogP contribution in [0.3, 0.4) is 0 Å². The highest BCUT2D eigenvalue weighted by Gasteiger charge is 2.14. The topological polar surface area (TPSA) is 99.0 Å². The number of hydrogen-bond donors (Lipinski definition) is 2. The van der Waals surface area contributed by atoms with Crippen LogP contribution in [0.4, 0.5) is 10.5 Å². The number of ether oxygens (including phenoxy) is 3. The molecule has 22 heavy (non-hydrogen) atoms. The van der Waals surface area contributed by atoms with Gasteiger partial charge >= 0.3 is 12.1 Å². The molecular weight excluding hydrogens is 292 g/mol. The molecule has 122 valence electrons. The molecule has 0 fully saturated rings. The highest BCUT2D eigenvalue weighted by atomic mass is 16.5. The van der Waals surface area contributed by atoms with Crippen molar-refractivity contribution in [3.05, 3.63) is 30.6 Å². The van der Waals surface area contributed by atoms with Crippen LogP contribution in [0.25, 0.3) is 0 Å². The highest BCUT2D eigenvalue weighted by molar-refractivity contribution is 5.90. The zero-order valence-electron chi connectivity index (χ0n) is 12.4. The number of rotatable bonds is 10. The van der Waals surface area contributed by atoms with Gasteiger partial charge in [-0.3, -0.25) is 5.32 Å². The molecule has 0 spiro atoms. The molecule has 0 radical (unpaired) electrons. The summed E-state index contributed by atoms with van der Waals surface area (Å²) in [5.74, 6) is -1.09. The summed E-state index contributed by atoms with van der Waals surface area (Å²) >= 11 is 0. The molecule has 2 N–H and O–H groups in total. The lowest BCUT2D eigenvalue weighted by Crippen LogP contribution is -2.13. The smallest absolute Gasteiger partial charge is 0.411 e. The molecule has 0 aliphatic carbocycles. The van der Waals surface area contributed by atoms with E-state index in [1.807, 2.05) is 0 Å². The van der Waals surface area contributed by atoms with Gasteiger partial charge in [-0.1, -0.05) is 12.7 Å². The summed E-state index contributed by atoms with van der Waals surface area (Å²) < 4.78 is 16.4. The number of amides is 1. The Bertz CT molecular complexity index is 511. The van der Waals surface area contributed by atoms with Crippen molar-refractivity contribution in [1.82, 2.24) is 4.57 Å². The molecule has 1 heterocycles. The summed E-state index contributed by atoms with van der Waals surface area (Å²) in [4.78, 5) is 22.6. The first kappa shape index (κ1) is 17.7. The average Bonchev–Trinajstić information content (AvgIpc) is 2.88. The Labute approximate surface area is 128 Å². The lowest BCUT2D eigenvalue weighted by atomic mass is 10.4. The van der Waals surface area contributed by atoms with Crippen molar-refractivity contribution in [3.63, 3.8) is 0 Å². The van der Waals surface area contributed by atoms with Crippen LogP contribution in [0.5, 0.6) is 0 Å². The Hall–Kier alpha value is -2.32. The maximum absolute atomic E-state index is 11.4. The molecular formula is C14H20N2O6. The number of anilines is 1. The molecule has 0 saturated carbocycles. The molecule has 1 amide bonds. The minimum Gasteiger partial charge on any atom is -0.477 e. The van der Waals surface area contributed by atoms with E-state index in [9.17, 15) is 9.59 Å². The Morgan fingerprint density at radius 1 is 1.41 bits per heavy atom. The quantitative estimate of drug-likeness (QED) is 0.503. The molecule has 1 aromatic rings. The number of methoxy groups -OCH3 is 1. The number of hydrogen-bond acceptors (Lipinski definition) is 5. The van der Waals surface area contributed by atoms with Crippen LogP contribution < -0.4 is 5.32 Å². The predicted octanol–water partition coefficient (Wildman–Crippen LogP) is 1.58. The van der Waals surface area contributed by atoms with Gasteiger partial charge in [0.1, 0.15) is 12.3 Å². The van der Waals surface area contributed by atoms with Crippen LogP contribution in [0.1, 0.15) is 10.5 Å². The monoisotopic (exact) mass is 312 g/mol. The third kappa shape index (κ3) is 5.98. The van der Waals surface area contributed by atoms with Crippen molar-refractivity contribution in [3.8, 4) is 0 Å². The van der Waals surface area contributed by atoms with Gasteiger partial charge in [0.05, 0.1) is 25.5 Å². The normalized spacial score (nSPS) is 10.2. The van der Waals surface area contributed by atoms with Crippen molar-refractivity contribution in [1.29, 1.82) is 0 Å². The molecule has 8 heteroatoms. The van der Waals surface area contributed by atoms with Gasteiger partial charge in [0.25, 0.3) is 0 Å². The summed E-state index contributed by atoms with van der Waals surface area (Å²) in [6, 6.07) is 1.35. The van der Waals surface area contributed by atoms with Gasteiger partial charge < -0.3 is 23.9 Å². The number of carbonyl (C=O) groups is 2. The number of carbonyl (C=O) groups excluding carboxylic acids is 1. The van der Waals surface area contributed by atoms with E-state index in [0.29, 0.717) is 32.1 Å². The Morgan fingerprint density at radius 3 is 2.82 bits per heavy atom. The molecule has 0 aliphatic rings. The van der Waals surface area contributed by atoms with Crippen molar-refractivity contribution >= 4 is 17.7 Å². The first-order chi connectivity index (χ1) is 10.6. The van der Waals surface area contributed by atoms with Gasteiger partial charge in [0, 0.05) is 19.9 Å². The molecule has 0 atom stereocenters. The second-order valence-corrected chi connectivity index (χ2v) is 4.23. The van der Waals surface area contributed by atoms with Gasteiger partial charge in [-0.05, 0) is 6.07 Å². The molecule has 0 aliphatic heterocycles. The Morgan fingerprint density at radius 2 is 2.18 bits per heavy atom. The van der Waals surface area contributed by atoms with E-state index < -0.39 is 12.1 Å². The van der Waals surface area contributed by atoms with E-state index in [1.165, 1.54) is 22.9 Å². The van der Waals surface area contributed by atoms with Crippen LogP contribution in [-0.2, 0) is 20.8 Å². The fourth-order valence-electron chi connectivity index (χ4n) is 1.64. The molecule has 0 unspecified atom stereocenters. The lowest BCUT2D eigenvalue weighted by molar-refractivity contribution is 0.0629. The molecule has 1 rings (SSSR count). The number of nitrogens with zero attached hydrogens (tertiary/aromatic N) is 1. The standard InChI is InChI=1S/C14H20N2O6/c1-3-5-22-14(19)15-11-9-12(13(17)18)16(10-11)4-6-21-8-7-20-2/h3,9-10H,1,4-8H2,2H3,(H,15,19)(H,17,18). The number of nitrogens with one attached hydrogen (secondary N) is 1. The van der Waals surface area contributed by atoms with E-state index in [4.69, 9.17) is 19.3 Å². The van der Waals surface area contributed by atoms with E-state index >= 15 is 0 Å². The van der Waals surface area contributed by atoms with Crippen LogP contribution in [0.15, 0.2) is 24.9 Å². The second-order valence-electron chi connectivity index (χ2n) is 4.23. The third-order valence-corrected chi connectivity index (χ3v) is 2.60. The molecule has 0 saturated heterocycles. The number of aromatic carboxylic acids is 1. The van der Waals surface area contributed by atoms with Crippen LogP contribution in [0, 0.1) is 0 Å². The van der Waals surface area contributed by atoms with Crippen LogP contribution >= 0.6 is 0 Å². The Balaban J connectivity index is 2.61. The fraction of sp³-hybridized carbons (Fsp3) is 0.429.